The number of amides is 1. The van der Waals surface area contributed by atoms with Gasteiger partial charge in [-0.25, -0.2) is 4.79 Å². The van der Waals surface area contributed by atoms with Crippen LogP contribution in [0.2, 0.25) is 0 Å². The van der Waals surface area contributed by atoms with Crippen LogP contribution in [0.1, 0.15) is 79.1 Å². The second-order valence-corrected chi connectivity index (χ2v) is 8.73. The molecule has 4 unspecified atom stereocenters. The molecule has 1 amide bonds. The zero-order valence-corrected chi connectivity index (χ0v) is 15.5. The van der Waals surface area contributed by atoms with E-state index in [2.05, 4.69) is 17.6 Å². The molecule has 0 radical (unpaired) electrons. The number of ether oxygens (including phenoxy) is 1. The van der Waals surface area contributed by atoms with Crippen LogP contribution in [0.3, 0.4) is 0 Å². The molecule has 4 atom stereocenters. The molecule has 2 aliphatic carbocycles. The van der Waals surface area contributed by atoms with Gasteiger partial charge in [0.15, 0.2) is 0 Å². The van der Waals surface area contributed by atoms with Crippen LogP contribution in [0.5, 0.6) is 0 Å². The van der Waals surface area contributed by atoms with Gasteiger partial charge in [0.05, 0.1) is 0 Å². The van der Waals surface area contributed by atoms with Crippen molar-refractivity contribution in [1.29, 1.82) is 0 Å². The van der Waals surface area contributed by atoms with Crippen molar-refractivity contribution in [3.63, 3.8) is 0 Å². The number of nitrogens with one attached hydrogen (secondary N) is 2. The molecular weight excluding hydrogens is 288 g/mol. The van der Waals surface area contributed by atoms with E-state index in [1.54, 1.807) is 0 Å². The Balaban J connectivity index is 1.59. The molecule has 0 saturated heterocycles. The van der Waals surface area contributed by atoms with Crippen LogP contribution in [-0.4, -0.2) is 30.3 Å². The number of alkyl carbamates (subject to hydrolysis) is 1. The minimum absolute atomic E-state index is 0.261. The molecule has 134 valence electrons. The zero-order valence-electron chi connectivity index (χ0n) is 15.5. The maximum absolute atomic E-state index is 11.8. The van der Waals surface area contributed by atoms with Gasteiger partial charge in [0.2, 0.25) is 0 Å². The summed E-state index contributed by atoms with van der Waals surface area (Å²) >= 11 is 0. The number of carbonyl (C=O) groups is 1. The van der Waals surface area contributed by atoms with E-state index in [1.165, 1.54) is 32.1 Å². The Hall–Kier alpha value is -0.770. The van der Waals surface area contributed by atoms with Crippen molar-refractivity contribution in [2.24, 2.45) is 11.8 Å². The molecule has 23 heavy (non-hydrogen) atoms. The maximum atomic E-state index is 11.8. The minimum atomic E-state index is -0.419. The molecule has 0 spiro atoms. The predicted molar refractivity (Wildman–Crippen MR) is 94.5 cm³/mol. The quantitative estimate of drug-likeness (QED) is 0.795. The van der Waals surface area contributed by atoms with Crippen molar-refractivity contribution in [3.8, 4) is 0 Å². The third-order valence-electron chi connectivity index (χ3n) is 5.18. The first-order chi connectivity index (χ1) is 10.8. The zero-order chi connectivity index (χ0) is 16.9. The first-order valence-corrected chi connectivity index (χ1v) is 9.54. The van der Waals surface area contributed by atoms with Crippen molar-refractivity contribution in [2.75, 3.05) is 6.54 Å². The highest BCUT2D eigenvalue weighted by Gasteiger charge is 2.27. The molecule has 0 aromatic heterocycles. The average Bonchev–Trinajstić information content (AvgIpc) is 2.84. The van der Waals surface area contributed by atoms with E-state index in [0.717, 1.165) is 37.6 Å². The maximum Gasteiger partial charge on any atom is 0.407 e. The second kappa shape index (κ2) is 8.36. The third kappa shape index (κ3) is 7.11. The van der Waals surface area contributed by atoms with Crippen LogP contribution < -0.4 is 10.6 Å². The van der Waals surface area contributed by atoms with Gasteiger partial charge in [0.1, 0.15) is 5.60 Å². The largest absolute Gasteiger partial charge is 0.444 e. The van der Waals surface area contributed by atoms with E-state index >= 15 is 0 Å². The molecular formula is C19H36N2O2. The van der Waals surface area contributed by atoms with Crippen LogP contribution >= 0.6 is 0 Å². The molecule has 0 aromatic carbocycles. The number of hydrogen-bond donors (Lipinski definition) is 2. The summed E-state index contributed by atoms with van der Waals surface area (Å²) in [6.45, 7) is 9.22. The monoisotopic (exact) mass is 324 g/mol. The fraction of sp³-hybridized carbons (Fsp3) is 0.947. The minimum Gasteiger partial charge on any atom is -0.444 e. The number of hydrogen-bond acceptors (Lipinski definition) is 3. The Bertz CT molecular complexity index is 378. The predicted octanol–water partition coefficient (Wildman–Crippen LogP) is 4.24. The molecule has 2 rings (SSSR count). The van der Waals surface area contributed by atoms with Gasteiger partial charge in [-0.05, 0) is 71.3 Å². The smallest absolute Gasteiger partial charge is 0.407 e. The van der Waals surface area contributed by atoms with E-state index < -0.39 is 5.60 Å². The normalized spacial score (nSPS) is 31.8. The fourth-order valence-corrected chi connectivity index (χ4v) is 4.09. The van der Waals surface area contributed by atoms with Crippen LogP contribution in [0.15, 0.2) is 0 Å². The summed E-state index contributed by atoms with van der Waals surface area (Å²) in [5.74, 6) is 1.84. The van der Waals surface area contributed by atoms with Gasteiger partial charge in [0.25, 0.3) is 0 Å². The Labute approximate surface area is 142 Å². The van der Waals surface area contributed by atoms with Gasteiger partial charge in [-0.1, -0.05) is 26.2 Å². The number of carbonyl (C=O) groups excluding carboxylic acids is 1. The lowest BCUT2D eigenvalue weighted by molar-refractivity contribution is 0.0505. The van der Waals surface area contributed by atoms with E-state index in [0.29, 0.717) is 6.04 Å². The Morgan fingerprint density at radius 2 is 1.83 bits per heavy atom. The molecule has 4 nitrogen and oxygen atoms in total. The molecule has 0 bridgehead atoms. The van der Waals surface area contributed by atoms with Gasteiger partial charge >= 0.3 is 6.09 Å². The standard InChI is InChI=1S/C19H36N2O2/c1-14-6-5-7-15(12-14)10-11-20-16-8-9-17(13-16)21-18(22)23-19(2,3)4/h14-17,20H,5-13H2,1-4H3,(H,21,22). The molecule has 2 saturated carbocycles. The SMILES string of the molecule is CC1CCCC(CCNC2CCC(NC(=O)OC(C)(C)C)C2)C1. The summed E-state index contributed by atoms with van der Waals surface area (Å²) in [7, 11) is 0. The molecule has 4 heteroatoms. The van der Waals surface area contributed by atoms with Gasteiger partial charge in [-0.15, -0.1) is 0 Å². The third-order valence-corrected chi connectivity index (χ3v) is 5.18. The van der Waals surface area contributed by atoms with Crippen molar-refractivity contribution in [1.82, 2.24) is 10.6 Å². The Morgan fingerprint density at radius 1 is 1.09 bits per heavy atom. The molecule has 2 fully saturated rings. The second-order valence-electron chi connectivity index (χ2n) is 8.73. The highest BCUT2D eigenvalue weighted by molar-refractivity contribution is 5.68. The van der Waals surface area contributed by atoms with Gasteiger partial charge in [-0.3, -0.25) is 0 Å². The molecule has 0 aliphatic heterocycles. The van der Waals surface area contributed by atoms with Gasteiger partial charge in [-0.2, -0.15) is 0 Å². The summed E-state index contributed by atoms with van der Waals surface area (Å²) < 4.78 is 5.33. The average molecular weight is 325 g/mol. The molecule has 0 heterocycles. The Kier molecular flexibility index (Phi) is 6.75. The lowest BCUT2D eigenvalue weighted by Crippen LogP contribution is -2.39. The van der Waals surface area contributed by atoms with Gasteiger partial charge < -0.3 is 15.4 Å². The highest BCUT2D eigenvalue weighted by atomic mass is 16.6. The van der Waals surface area contributed by atoms with E-state index in [4.69, 9.17) is 4.74 Å². The fourth-order valence-electron chi connectivity index (χ4n) is 4.09. The van der Waals surface area contributed by atoms with Crippen molar-refractivity contribution in [2.45, 2.75) is 96.7 Å². The summed E-state index contributed by atoms with van der Waals surface area (Å²) in [6.07, 6.45) is 9.93. The first-order valence-electron chi connectivity index (χ1n) is 9.54. The van der Waals surface area contributed by atoms with Crippen molar-refractivity contribution in [3.05, 3.63) is 0 Å². The van der Waals surface area contributed by atoms with Crippen LogP contribution in [-0.2, 0) is 4.74 Å². The van der Waals surface area contributed by atoms with E-state index in [9.17, 15) is 4.79 Å². The summed E-state index contributed by atoms with van der Waals surface area (Å²) in [6, 6.07) is 0.813. The summed E-state index contributed by atoms with van der Waals surface area (Å²) in [5, 5.41) is 6.71. The Morgan fingerprint density at radius 3 is 2.52 bits per heavy atom. The van der Waals surface area contributed by atoms with Crippen molar-refractivity contribution >= 4 is 6.09 Å². The molecule has 2 aliphatic rings. The van der Waals surface area contributed by atoms with Crippen LogP contribution in [0, 0.1) is 11.8 Å². The van der Waals surface area contributed by atoms with Gasteiger partial charge in [0, 0.05) is 12.1 Å². The first kappa shape index (κ1) is 18.6. The number of rotatable bonds is 5. The van der Waals surface area contributed by atoms with Crippen molar-refractivity contribution < 1.29 is 9.53 Å². The molecule has 0 aromatic rings. The summed E-state index contributed by atoms with van der Waals surface area (Å²) in [5.41, 5.74) is -0.419. The lowest BCUT2D eigenvalue weighted by Gasteiger charge is -2.27. The summed E-state index contributed by atoms with van der Waals surface area (Å²) in [4.78, 5) is 11.8. The van der Waals surface area contributed by atoms with Crippen LogP contribution in [0.25, 0.3) is 0 Å². The molecule has 2 N–H and O–H groups in total. The van der Waals surface area contributed by atoms with E-state index in [1.807, 2.05) is 20.8 Å². The highest BCUT2D eigenvalue weighted by Crippen LogP contribution is 2.30. The van der Waals surface area contributed by atoms with E-state index in [-0.39, 0.29) is 12.1 Å². The topological polar surface area (TPSA) is 50.4 Å². The lowest BCUT2D eigenvalue weighted by atomic mass is 9.81. The van der Waals surface area contributed by atoms with Crippen LogP contribution in [0.4, 0.5) is 4.79 Å².